The monoisotopic (exact) mass is 272 g/mol. The van der Waals surface area contributed by atoms with Gasteiger partial charge in [-0.1, -0.05) is 13.0 Å². The Morgan fingerprint density at radius 1 is 1.45 bits per heavy atom. The van der Waals surface area contributed by atoms with Crippen molar-refractivity contribution < 1.29 is 4.74 Å². The third kappa shape index (κ3) is 3.52. The first-order valence-corrected chi connectivity index (χ1v) is 7.46. The molecule has 108 valence electrons. The lowest BCUT2D eigenvalue weighted by Gasteiger charge is -2.16. The van der Waals surface area contributed by atoms with E-state index in [0.29, 0.717) is 12.6 Å². The van der Waals surface area contributed by atoms with Gasteiger partial charge in [-0.3, -0.25) is 0 Å². The molecule has 0 amide bonds. The van der Waals surface area contributed by atoms with Gasteiger partial charge in [-0.05, 0) is 62.9 Å². The van der Waals surface area contributed by atoms with E-state index in [9.17, 15) is 0 Å². The predicted molar refractivity (Wildman–Crippen MR) is 80.7 cm³/mol. The number of benzene rings is 1. The zero-order valence-corrected chi connectivity index (χ0v) is 12.7. The SMILES string of the molecule is CCNC1CCc2cc(OCCC(C)(C)C#N)ccc21. The topological polar surface area (TPSA) is 45.0 Å². The van der Waals surface area contributed by atoms with Crippen molar-refractivity contribution in [3.63, 3.8) is 0 Å². The molecule has 1 unspecified atom stereocenters. The number of aryl methyl sites for hydroxylation is 1. The van der Waals surface area contributed by atoms with E-state index in [4.69, 9.17) is 10.00 Å². The van der Waals surface area contributed by atoms with Crippen molar-refractivity contribution in [2.75, 3.05) is 13.2 Å². The number of nitriles is 1. The number of rotatable bonds is 6. The van der Waals surface area contributed by atoms with E-state index in [1.165, 1.54) is 17.5 Å². The summed E-state index contributed by atoms with van der Waals surface area (Å²) < 4.78 is 5.79. The van der Waals surface area contributed by atoms with Crippen LogP contribution in [0, 0.1) is 16.7 Å². The Kier molecular flexibility index (Phi) is 4.67. The molecular weight excluding hydrogens is 248 g/mol. The second-order valence-corrected chi connectivity index (χ2v) is 6.10. The first-order chi connectivity index (χ1) is 9.55. The first-order valence-electron chi connectivity index (χ1n) is 7.46. The molecule has 3 heteroatoms. The molecule has 0 saturated carbocycles. The Hall–Kier alpha value is -1.53. The Bertz CT molecular complexity index is 502. The molecule has 20 heavy (non-hydrogen) atoms. The number of ether oxygens (including phenoxy) is 1. The second kappa shape index (κ2) is 6.28. The third-order valence-electron chi connectivity index (χ3n) is 3.94. The van der Waals surface area contributed by atoms with Crippen molar-refractivity contribution in [3.05, 3.63) is 29.3 Å². The Morgan fingerprint density at radius 3 is 2.95 bits per heavy atom. The molecule has 0 radical (unpaired) electrons. The maximum atomic E-state index is 8.99. The van der Waals surface area contributed by atoms with E-state index < -0.39 is 0 Å². The summed E-state index contributed by atoms with van der Waals surface area (Å²) in [6, 6.07) is 9.19. The second-order valence-electron chi connectivity index (χ2n) is 6.10. The molecule has 1 aromatic carbocycles. The van der Waals surface area contributed by atoms with Crippen LogP contribution in [0.4, 0.5) is 0 Å². The standard InChI is InChI=1S/C17H24N2O/c1-4-19-16-8-5-13-11-14(6-7-15(13)16)20-10-9-17(2,3)12-18/h6-7,11,16,19H,4-5,8-10H2,1-3H3. The molecule has 0 aliphatic heterocycles. The Balaban J connectivity index is 1.94. The van der Waals surface area contributed by atoms with Gasteiger partial charge < -0.3 is 10.1 Å². The quantitative estimate of drug-likeness (QED) is 0.860. The van der Waals surface area contributed by atoms with Gasteiger partial charge in [0.1, 0.15) is 5.75 Å². The highest BCUT2D eigenvalue weighted by atomic mass is 16.5. The van der Waals surface area contributed by atoms with Crippen molar-refractivity contribution >= 4 is 0 Å². The van der Waals surface area contributed by atoms with Gasteiger partial charge in [0.2, 0.25) is 0 Å². The lowest BCUT2D eigenvalue weighted by Crippen LogP contribution is -2.18. The van der Waals surface area contributed by atoms with Crippen LogP contribution in [0.25, 0.3) is 0 Å². The molecule has 0 aromatic heterocycles. The highest BCUT2D eigenvalue weighted by Crippen LogP contribution is 2.33. The minimum atomic E-state index is -0.313. The molecule has 1 atom stereocenters. The first kappa shape index (κ1) is 14.9. The van der Waals surface area contributed by atoms with Crippen molar-refractivity contribution in [3.8, 4) is 11.8 Å². The smallest absolute Gasteiger partial charge is 0.119 e. The summed E-state index contributed by atoms with van der Waals surface area (Å²) in [7, 11) is 0. The van der Waals surface area contributed by atoms with E-state index in [1.54, 1.807) is 0 Å². The van der Waals surface area contributed by atoms with Crippen LogP contribution in [-0.4, -0.2) is 13.2 Å². The number of nitrogens with zero attached hydrogens (tertiary/aromatic N) is 1. The predicted octanol–water partition coefficient (Wildman–Crippen LogP) is 3.60. The molecule has 1 aliphatic carbocycles. The molecule has 0 bridgehead atoms. The van der Waals surface area contributed by atoms with Gasteiger partial charge >= 0.3 is 0 Å². The van der Waals surface area contributed by atoms with Gasteiger partial charge in [0.25, 0.3) is 0 Å². The van der Waals surface area contributed by atoms with E-state index in [-0.39, 0.29) is 5.41 Å². The van der Waals surface area contributed by atoms with Crippen LogP contribution in [-0.2, 0) is 6.42 Å². The van der Waals surface area contributed by atoms with E-state index in [2.05, 4.69) is 30.4 Å². The molecular formula is C17H24N2O. The molecule has 0 fully saturated rings. The van der Waals surface area contributed by atoms with Crippen molar-refractivity contribution in [2.24, 2.45) is 5.41 Å². The highest BCUT2D eigenvalue weighted by Gasteiger charge is 2.22. The van der Waals surface area contributed by atoms with Gasteiger partial charge in [0.05, 0.1) is 18.1 Å². The van der Waals surface area contributed by atoms with Gasteiger partial charge in [-0.25, -0.2) is 0 Å². The van der Waals surface area contributed by atoms with E-state index in [0.717, 1.165) is 25.1 Å². The summed E-state index contributed by atoms with van der Waals surface area (Å²) in [4.78, 5) is 0. The molecule has 1 aromatic rings. The van der Waals surface area contributed by atoms with Crippen LogP contribution in [0.1, 0.15) is 50.8 Å². The minimum absolute atomic E-state index is 0.313. The molecule has 0 heterocycles. The highest BCUT2D eigenvalue weighted by molar-refractivity contribution is 5.40. The lowest BCUT2D eigenvalue weighted by molar-refractivity contribution is 0.264. The number of nitrogens with one attached hydrogen (secondary N) is 1. The average Bonchev–Trinajstić information content (AvgIpc) is 2.82. The zero-order valence-electron chi connectivity index (χ0n) is 12.7. The summed E-state index contributed by atoms with van der Waals surface area (Å²) in [5, 5.41) is 12.5. The molecule has 2 rings (SSSR count). The summed E-state index contributed by atoms with van der Waals surface area (Å²) in [6.45, 7) is 7.63. The van der Waals surface area contributed by atoms with Crippen LogP contribution in [0.3, 0.4) is 0 Å². The van der Waals surface area contributed by atoms with Crippen molar-refractivity contribution in [1.29, 1.82) is 5.26 Å². The van der Waals surface area contributed by atoms with Crippen LogP contribution in [0.15, 0.2) is 18.2 Å². The van der Waals surface area contributed by atoms with Crippen LogP contribution in [0.2, 0.25) is 0 Å². The number of hydrogen-bond acceptors (Lipinski definition) is 3. The van der Waals surface area contributed by atoms with Gasteiger partial charge in [0.15, 0.2) is 0 Å². The Morgan fingerprint density at radius 2 is 2.25 bits per heavy atom. The molecule has 0 saturated heterocycles. The Labute approximate surface area is 121 Å². The summed E-state index contributed by atoms with van der Waals surface area (Å²) >= 11 is 0. The number of hydrogen-bond donors (Lipinski definition) is 1. The lowest BCUT2D eigenvalue weighted by atomic mass is 9.92. The fourth-order valence-corrected chi connectivity index (χ4v) is 2.62. The molecule has 1 aliphatic rings. The fraction of sp³-hybridized carbons (Fsp3) is 0.588. The maximum absolute atomic E-state index is 8.99. The van der Waals surface area contributed by atoms with Gasteiger partial charge in [-0.2, -0.15) is 5.26 Å². The molecule has 1 N–H and O–H groups in total. The zero-order chi connectivity index (χ0) is 14.6. The van der Waals surface area contributed by atoms with Crippen LogP contribution < -0.4 is 10.1 Å². The summed E-state index contributed by atoms with van der Waals surface area (Å²) in [6.07, 6.45) is 3.04. The normalized spacial score (nSPS) is 17.6. The van der Waals surface area contributed by atoms with Crippen LogP contribution in [0.5, 0.6) is 5.75 Å². The minimum Gasteiger partial charge on any atom is -0.494 e. The maximum Gasteiger partial charge on any atom is 0.119 e. The number of fused-ring (bicyclic) bond motifs is 1. The molecule has 3 nitrogen and oxygen atoms in total. The van der Waals surface area contributed by atoms with Crippen molar-refractivity contribution in [1.82, 2.24) is 5.32 Å². The van der Waals surface area contributed by atoms with E-state index in [1.807, 2.05) is 19.9 Å². The van der Waals surface area contributed by atoms with Crippen molar-refractivity contribution in [2.45, 2.75) is 46.1 Å². The van der Waals surface area contributed by atoms with Gasteiger partial charge in [-0.15, -0.1) is 0 Å². The third-order valence-corrected chi connectivity index (χ3v) is 3.94. The van der Waals surface area contributed by atoms with E-state index >= 15 is 0 Å². The summed E-state index contributed by atoms with van der Waals surface area (Å²) in [5.41, 5.74) is 2.50. The summed E-state index contributed by atoms with van der Waals surface area (Å²) in [5.74, 6) is 0.926. The van der Waals surface area contributed by atoms with Gasteiger partial charge in [0, 0.05) is 6.04 Å². The fourth-order valence-electron chi connectivity index (χ4n) is 2.62. The average molecular weight is 272 g/mol. The largest absolute Gasteiger partial charge is 0.494 e. The van der Waals surface area contributed by atoms with Crippen LogP contribution >= 0.6 is 0 Å². The molecule has 0 spiro atoms.